The summed E-state index contributed by atoms with van der Waals surface area (Å²) in [5, 5.41) is 9.72. The first-order valence-electron chi connectivity index (χ1n) is 7.98. The molecule has 0 saturated heterocycles. The van der Waals surface area contributed by atoms with Crippen LogP contribution in [0.2, 0.25) is 0 Å². The highest BCUT2D eigenvalue weighted by Gasteiger charge is 2.43. The lowest BCUT2D eigenvalue weighted by Crippen LogP contribution is -2.38. The van der Waals surface area contributed by atoms with Gasteiger partial charge in [0.05, 0.1) is 23.3 Å². The predicted octanol–water partition coefficient (Wildman–Crippen LogP) is 3.01. The molecule has 2 rings (SSSR count). The van der Waals surface area contributed by atoms with Gasteiger partial charge in [0, 0.05) is 0 Å². The summed E-state index contributed by atoms with van der Waals surface area (Å²) in [5.74, 6) is -1.81. The van der Waals surface area contributed by atoms with E-state index in [1.807, 2.05) is 6.07 Å². The largest absolute Gasteiger partial charge is 0.465 e. The molecule has 0 aliphatic rings. The highest BCUT2D eigenvalue weighted by Crippen LogP contribution is 2.31. The number of hydrogen-bond donors (Lipinski definition) is 0. The van der Waals surface area contributed by atoms with Crippen LogP contribution in [-0.2, 0) is 24.8 Å². The first-order valence-corrected chi connectivity index (χ1v) is 9.63. The molecule has 0 aliphatic carbocycles. The van der Waals surface area contributed by atoms with Crippen LogP contribution in [0, 0.1) is 17.1 Å². The predicted molar refractivity (Wildman–Crippen MR) is 93.4 cm³/mol. The van der Waals surface area contributed by atoms with Crippen molar-refractivity contribution in [2.24, 2.45) is 0 Å². The summed E-state index contributed by atoms with van der Waals surface area (Å²) in [7, 11) is -3.70. The van der Waals surface area contributed by atoms with Gasteiger partial charge in [-0.1, -0.05) is 30.3 Å². The van der Waals surface area contributed by atoms with Crippen molar-refractivity contribution in [3.63, 3.8) is 0 Å². The van der Waals surface area contributed by atoms with Crippen molar-refractivity contribution < 1.29 is 22.3 Å². The van der Waals surface area contributed by atoms with E-state index in [-0.39, 0.29) is 23.5 Å². The Hall–Kier alpha value is -2.72. The van der Waals surface area contributed by atoms with Crippen LogP contribution in [0.1, 0.15) is 18.9 Å². The lowest BCUT2D eigenvalue weighted by atomic mass is 9.79. The molecule has 0 bridgehead atoms. The van der Waals surface area contributed by atoms with Gasteiger partial charge in [-0.05, 0) is 43.2 Å². The van der Waals surface area contributed by atoms with Crippen molar-refractivity contribution in [2.45, 2.75) is 23.7 Å². The third-order valence-electron chi connectivity index (χ3n) is 4.00. The second-order valence-electron chi connectivity index (χ2n) is 5.63. The average molecular weight is 375 g/mol. The quantitative estimate of drug-likeness (QED) is 0.695. The summed E-state index contributed by atoms with van der Waals surface area (Å²) in [6.07, 6.45) is -0.300. The minimum Gasteiger partial charge on any atom is -0.465 e. The molecule has 0 amide bonds. The fourth-order valence-electron chi connectivity index (χ4n) is 2.55. The van der Waals surface area contributed by atoms with Gasteiger partial charge < -0.3 is 4.74 Å². The second-order valence-corrected chi connectivity index (χ2v) is 7.74. The molecule has 0 heterocycles. The fraction of sp³-hybridized carbons (Fsp3) is 0.263. The number of halogens is 1. The summed E-state index contributed by atoms with van der Waals surface area (Å²) in [6, 6.07) is 14.5. The number of hydrogen-bond acceptors (Lipinski definition) is 5. The van der Waals surface area contributed by atoms with E-state index in [0.717, 1.165) is 12.1 Å². The van der Waals surface area contributed by atoms with Gasteiger partial charge in [0.1, 0.15) is 5.82 Å². The Morgan fingerprint density at radius 2 is 1.77 bits per heavy atom. The maximum absolute atomic E-state index is 13.2. The summed E-state index contributed by atoms with van der Waals surface area (Å²) >= 11 is 0. The average Bonchev–Trinajstić information content (AvgIpc) is 2.65. The third-order valence-corrected chi connectivity index (χ3v) is 5.73. The van der Waals surface area contributed by atoms with E-state index in [9.17, 15) is 22.9 Å². The molecule has 0 aromatic heterocycles. The molecule has 2 aromatic carbocycles. The molecule has 0 aliphatic heterocycles. The zero-order chi connectivity index (χ0) is 19.2. The number of ether oxygens (including phenoxy) is 1. The molecule has 0 fully saturated rings. The van der Waals surface area contributed by atoms with Crippen LogP contribution in [0.3, 0.4) is 0 Å². The third kappa shape index (κ3) is 4.09. The molecule has 1 atom stereocenters. The van der Waals surface area contributed by atoms with Crippen LogP contribution in [0.5, 0.6) is 0 Å². The molecule has 2 aromatic rings. The van der Waals surface area contributed by atoms with Gasteiger partial charge in [-0.15, -0.1) is 0 Å². The number of nitriles is 1. The van der Waals surface area contributed by atoms with Crippen LogP contribution in [0.4, 0.5) is 4.39 Å². The highest BCUT2D eigenvalue weighted by molar-refractivity contribution is 7.91. The van der Waals surface area contributed by atoms with E-state index < -0.39 is 32.8 Å². The number of sulfone groups is 1. The normalized spacial score (nSPS) is 13.4. The molecule has 26 heavy (non-hydrogen) atoms. The van der Waals surface area contributed by atoms with E-state index in [4.69, 9.17) is 4.74 Å². The number of rotatable bonds is 7. The lowest BCUT2D eigenvalue weighted by Gasteiger charge is -2.25. The van der Waals surface area contributed by atoms with Crippen LogP contribution in [0.15, 0.2) is 59.5 Å². The summed E-state index contributed by atoms with van der Waals surface area (Å²) < 4.78 is 43.3. The van der Waals surface area contributed by atoms with Gasteiger partial charge in [0.2, 0.25) is 0 Å². The van der Waals surface area contributed by atoms with Crippen molar-refractivity contribution in [3.05, 3.63) is 66.0 Å². The molecule has 0 spiro atoms. The molecule has 5 nitrogen and oxygen atoms in total. The van der Waals surface area contributed by atoms with Crippen LogP contribution in [-0.4, -0.2) is 26.7 Å². The number of nitrogens with zero attached hydrogens (tertiary/aromatic N) is 1. The van der Waals surface area contributed by atoms with Crippen molar-refractivity contribution >= 4 is 15.8 Å². The molecule has 136 valence electrons. The maximum atomic E-state index is 13.2. The Bertz CT molecular complexity index is 905. The summed E-state index contributed by atoms with van der Waals surface area (Å²) in [6.45, 7) is 1.63. The number of carbonyl (C=O) groups is 1. The minimum absolute atomic E-state index is 0.0366. The summed E-state index contributed by atoms with van der Waals surface area (Å²) in [5.41, 5.74) is -1.63. The van der Waals surface area contributed by atoms with Crippen LogP contribution >= 0.6 is 0 Å². The zero-order valence-corrected chi connectivity index (χ0v) is 15.0. The van der Waals surface area contributed by atoms with E-state index in [1.54, 1.807) is 25.1 Å². The monoisotopic (exact) mass is 375 g/mol. The van der Waals surface area contributed by atoms with Crippen molar-refractivity contribution in [1.82, 2.24) is 0 Å². The number of benzene rings is 2. The van der Waals surface area contributed by atoms with Gasteiger partial charge in [-0.2, -0.15) is 5.26 Å². The molecular weight excluding hydrogens is 357 g/mol. The minimum atomic E-state index is -3.70. The summed E-state index contributed by atoms with van der Waals surface area (Å²) in [4.78, 5) is 12.6. The Balaban J connectivity index is 2.40. The number of carbonyl (C=O) groups excluding carboxylic acids is 1. The van der Waals surface area contributed by atoms with Gasteiger partial charge >= 0.3 is 5.97 Å². The van der Waals surface area contributed by atoms with Gasteiger partial charge in [-0.3, -0.25) is 0 Å². The van der Waals surface area contributed by atoms with Gasteiger partial charge in [0.15, 0.2) is 15.3 Å². The maximum Gasteiger partial charge on any atom is 0.331 e. The first-order chi connectivity index (χ1) is 12.4. The van der Waals surface area contributed by atoms with Crippen molar-refractivity contribution in [3.8, 4) is 6.07 Å². The van der Waals surface area contributed by atoms with Crippen molar-refractivity contribution in [1.29, 1.82) is 5.26 Å². The molecule has 0 N–H and O–H groups in total. The molecule has 0 unspecified atom stereocenters. The van der Waals surface area contributed by atoms with Crippen molar-refractivity contribution in [2.75, 3.05) is 12.4 Å². The van der Waals surface area contributed by atoms with Crippen LogP contribution < -0.4 is 0 Å². The Morgan fingerprint density at radius 3 is 2.31 bits per heavy atom. The van der Waals surface area contributed by atoms with Gasteiger partial charge in [-0.25, -0.2) is 17.6 Å². The first kappa shape index (κ1) is 19.6. The molecule has 7 heteroatoms. The topological polar surface area (TPSA) is 84.2 Å². The highest BCUT2D eigenvalue weighted by atomic mass is 32.2. The van der Waals surface area contributed by atoms with E-state index in [1.165, 1.54) is 24.3 Å². The molecule has 0 radical (unpaired) electrons. The standard InChI is InChI=1S/C19H18FNO4S/c1-2-25-18(22)19(14-21,15-8-10-16(20)11-9-15)12-13-26(23,24)17-6-4-3-5-7-17/h3-11H,2,12-13H2,1H3/t19-/m0/s1. The Morgan fingerprint density at radius 1 is 1.15 bits per heavy atom. The zero-order valence-electron chi connectivity index (χ0n) is 14.2. The van der Waals surface area contributed by atoms with E-state index in [0.29, 0.717) is 0 Å². The second kappa shape index (κ2) is 8.11. The smallest absolute Gasteiger partial charge is 0.331 e. The fourth-order valence-corrected chi connectivity index (χ4v) is 3.93. The number of esters is 1. The van der Waals surface area contributed by atoms with Crippen LogP contribution in [0.25, 0.3) is 0 Å². The Kier molecular flexibility index (Phi) is 6.11. The van der Waals surface area contributed by atoms with E-state index >= 15 is 0 Å². The Labute approximate surface area is 152 Å². The SMILES string of the molecule is CCOC(=O)[C@](C#N)(CCS(=O)(=O)c1ccccc1)c1ccc(F)cc1. The molecular formula is C19H18FNO4S. The lowest BCUT2D eigenvalue weighted by molar-refractivity contribution is -0.148. The molecule has 0 saturated carbocycles. The van der Waals surface area contributed by atoms with E-state index in [2.05, 4.69) is 0 Å². The van der Waals surface area contributed by atoms with Gasteiger partial charge in [0.25, 0.3) is 0 Å².